The number of aromatic nitrogens is 1. The van der Waals surface area contributed by atoms with Crippen LogP contribution in [0.1, 0.15) is 17.0 Å². The van der Waals surface area contributed by atoms with Crippen LogP contribution in [0.4, 0.5) is 5.69 Å². The van der Waals surface area contributed by atoms with Crippen molar-refractivity contribution < 1.29 is 12.8 Å². The highest BCUT2D eigenvalue weighted by molar-refractivity contribution is 7.92. The number of benzene rings is 2. The van der Waals surface area contributed by atoms with Gasteiger partial charge in [-0.3, -0.25) is 4.72 Å². The van der Waals surface area contributed by atoms with E-state index in [2.05, 4.69) is 9.71 Å². The molecule has 0 bridgehead atoms. The van der Waals surface area contributed by atoms with Gasteiger partial charge in [0.2, 0.25) is 0 Å². The van der Waals surface area contributed by atoms with Gasteiger partial charge in [0.05, 0.1) is 10.6 Å². The van der Waals surface area contributed by atoms with Crippen LogP contribution in [-0.2, 0) is 10.0 Å². The Hall–Kier alpha value is -2.34. The topological polar surface area (TPSA) is 72.2 Å². The maximum Gasteiger partial charge on any atom is 0.261 e. The summed E-state index contributed by atoms with van der Waals surface area (Å²) in [5.41, 5.74) is 3.69. The number of aryl methyl sites for hydroxylation is 3. The van der Waals surface area contributed by atoms with Crippen LogP contribution >= 0.6 is 0 Å². The quantitative estimate of drug-likeness (QED) is 0.802. The van der Waals surface area contributed by atoms with Gasteiger partial charge in [-0.15, -0.1) is 0 Å². The molecule has 1 heterocycles. The monoisotopic (exact) mass is 316 g/mol. The van der Waals surface area contributed by atoms with Crippen molar-refractivity contribution in [3.63, 3.8) is 0 Å². The zero-order valence-electron chi connectivity index (χ0n) is 12.5. The zero-order chi connectivity index (χ0) is 15.9. The van der Waals surface area contributed by atoms with Crippen LogP contribution in [0, 0.1) is 20.8 Å². The molecule has 114 valence electrons. The average molecular weight is 316 g/mol. The van der Waals surface area contributed by atoms with E-state index in [-0.39, 0.29) is 4.90 Å². The van der Waals surface area contributed by atoms with E-state index in [1.165, 1.54) is 0 Å². The van der Waals surface area contributed by atoms with Gasteiger partial charge in [-0.2, -0.15) is 0 Å². The molecule has 3 rings (SSSR count). The van der Waals surface area contributed by atoms with E-state index >= 15 is 0 Å². The number of nitrogens with one attached hydrogen (secondary N) is 1. The predicted octanol–water partition coefficient (Wildman–Crippen LogP) is 3.55. The SMILES string of the molecule is Cc1nc2ccc(NS(=O)(=O)c3ccc(C)c(C)c3)cc2o1. The van der Waals surface area contributed by atoms with Gasteiger partial charge in [0.25, 0.3) is 10.0 Å². The minimum Gasteiger partial charge on any atom is -0.441 e. The molecule has 0 saturated heterocycles. The predicted molar refractivity (Wildman–Crippen MR) is 85.5 cm³/mol. The molecule has 2 aromatic carbocycles. The highest BCUT2D eigenvalue weighted by Crippen LogP contribution is 2.23. The second-order valence-corrected chi connectivity index (χ2v) is 6.95. The molecule has 0 radical (unpaired) electrons. The number of oxazole rings is 1. The summed E-state index contributed by atoms with van der Waals surface area (Å²) in [5.74, 6) is 0.546. The van der Waals surface area contributed by atoms with Crippen molar-refractivity contribution in [2.24, 2.45) is 0 Å². The number of rotatable bonds is 3. The van der Waals surface area contributed by atoms with E-state index in [1.54, 1.807) is 43.3 Å². The lowest BCUT2D eigenvalue weighted by atomic mass is 10.1. The summed E-state index contributed by atoms with van der Waals surface area (Å²) in [4.78, 5) is 4.43. The minimum atomic E-state index is -3.63. The molecule has 0 saturated carbocycles. The average Bonchev–Trinajstić information content (AvgIpc) is 2.80. The second-order valence-electron chi connectivity index (χ2n) is 5.27. The van der Waals surface area contributed by atoms with E-state index in [9.17, 15) is 8.42 Å². The van der Waals surface area contributed by atoms with Crippen molar-refractivity contribution in [2.75, 3.05) is 4.72 Å². The Morgan fingerprint density at radius 3 is 2.50 bits per heavy atom. The minimum absolute atomic E-state index is 0.240. The first-order chi connectivity index (χ1) is 10.3. The first-order valence-electron chi connectivity index (χ1n) is 6.82. The van der Waals surface area contributed by atoms with E-state index in [0.717, 1.165) is 11.1 Å². The molecule has 1 aromatic heterocycles. The lowest BCUT2D eigenvalue weighted by Crippen LogP contribution is -2.13. The fourth-order valence-corrected chi connectivity index (χ4v) is 3.33. The summed E-state index contributed by atoms with van der Waals surface area (Å²) < 4.78 is 32.9. The number of hydrogen-bond donors (Lipinski definition) is 1. The molecule has 22 heavy (non-hydrogen) atoms. The standard InChI is InChI=1S/C16H16N2O3S/c1-10-4-6-14(8-11(10)2)22(19,20)18-13-5-7-15-16(9-13)21-12(3)17-15/h4-9,18H,1-3H3. The molecular formula is C16H16N2O3S. The molecule has 0 atom stereocenters. The van der Waals surface area contributed by atoms with Crippen molar-refractivity contribution in [3.8, 4) is 0 Å². The largest absolute Gasteiger partial charge is 0.441 e. The van der Waals surface area contributed by atoms with Crippen molar-refractivity contribution >= 4 is 26.8 Å². The molecule has 0 fully saturated rings. The van der Waals surface area contributed by atoms with Gasteiger partial charge in [0.15, 0.2) is 11.5 Å². The van der Waals surface area contributed by atoms with Crippen LogP contribution in [-0.4, -0.2) is 13.4 Å². The van der Waals surface area contributed by atoms with Crippen LogP contribution in [0.15, 0.2) is 45.7 Å². The zero-order valence-corrected chi connectivity index (χ0v) is 13.4. The third kappa shape index (κ3) is 2.69. The Balaban J connectivity index is 1.96. The van der Waals surface area contributed by atoms with E-state index in [4.69, 9.17) is 4.42 Å². The highest BCUT2D eigenvalue weighted by Gasteiger charge is 2.15. The Morgan fingerprint density at radius 2 is 1.77 bits per heavy atom. The van der Waals surface area contributed by atoms with Crippen LogP contribution in [0.2, 0.25) is 0 Å². The molecule has 1 N–H and O–H groups in total. The van der Waals surface area contributed by atoms with Crippen LogP contribution < -0.4 is 4.72 Å². The maximum atomic E-state index is 12.4. The summed E-state index contributed by atoms with van der Waals surface area (Å²) in [6.07, 6.45) is 0. The van der Waals surface area contributed by atoms with Gasteiger partial charge >= 0.3 is 0 Å². The summed E-state index contributed by atoms with van der Waals surface area (Å²) >= 11 is 0. The van der Waals surface area contributed by atoms with Crippen molar-refractivity contribution in [2.45, 2.75) is 25.7 Å². The number of sulfonamides is 1. The molecule has 0 aliphatic heterocycles. The third-order valence-corrected chi connectivity index (χ3v) is 4.92. The van der Waals surface area contributed by atoms with Crippen molar-refractivity contribution in [3.05, 3.63) is 53.4 Å². The van der Waals surface area contributed by atoms with Gasteiger partial charge in [-0.05, 0) is 49.2 Å². The molecular weight excluding hydrogens is 300 g/mol. The number of nitrogens with zero attached hydrogens (tertiary/aromatic N) is 1. The molecule has 0 aliphatic carbocycles. The van der Waals surface area contributed by atoms with Gasteiger partial charge in [-0.1, -0.05) is 6.07 Å². The molecule has 3 aromatic rings. The fraction of sp³-hybridized carbons (Fsp3) is 0.188. The lowest BCUT2D eigenvalue weighted by molar-refractivity contribution is 0.561. The molecule has 0 amide bonds. The highest BCUT2D eigenvalue weighted by atomic mass is 32.2. The Morgan fingerprint density at radius 1 is 1.00 bits per heavy atom. The van der Waals surface area contributed by atoms with Gasteiger partial charge < -0.3 is 4.42 Å². The summed E-state index contributed by atoms with van der Waals surface area (Å²) in [5, 5.41) is 0. The normalized spacial score (nSPS) is 11.8. The van der Waals surface area contributed by atoms with E-state index in [1.807, 2.05) is 13.8 Å². The summed E-state index contributed by atoms with van der Waals surface area (Å²) in [6.45, 7) is 5.58. The fourth-order valence-electron chi connectivity index (χ4n) is 2.20. The molecule has 0 spiro atoms. The Bertz CT molecular complexity index is 959. The summed E-state index contributed by atoms with van der Waals surface area (Å²) in [6, 6.07) is 10.1. The second kappa shape index (κ2) is 5.14. The Kier molecular flexibility index (Phi) is 3.41. The van der Waals surface area contributed by atoms with Crippen LogP contribution in [0.25, 0.3) is 11.1 Å². The third-order valence-electron chi connectivity index (χ3n) is 3.54. The van der Waals surface area contributed by atoms with Crippen LogP contribution in [0.3, 0.4) is 0 Å². The molecule has 6 heteroatoms. The first-order valence-corrected chi connectivity index (χ1v) is 8.31. The molecule has 5 nitrogen and oxygen atoms in total. The van der Waals surface area contributed by atoms with Crippen LogP contribution in [0.5, 0.6) is 0 Å². The van der Waals surface area contributed by atoms with E-state index in [0.29, 0.717) is 22.7 Å². The smallest absolute Gasteiger partial charge is 0.261 e. The lowest BCUT2D eigenvalue weighted by Gasteiger charge is -2.09. The summed E-state index contributed by atoms with van der Waals surface area (Å²) in [7, 11) is -3.63. The van der Waals surface area contributed by atoms with E-state index < -0.39 is 10.0 Å². The van der Waals surface area contributed by atoms with Gasteiger partial charge in [0.1, 0.15) is 5.52 Å². The molecule has 0 aliphatic rings. The van der Waals surface area contributed by atoms with Gasteiger partial charge in [-0.25, -0.2) is 13.4 Å². The first kappa shape index (κ1) is 14.6. The number of anilines is 1. The maximum absolute atomic E-state index is 12.4. The van der Waals surface area contributed by atoms with Gasteiger partial charge in [0, 0.05) is 13.0 Å². The van der Waals surface area contributed by atoms with Crippen molar-refractivity contribution in [1.29, 1.82) is 0 Å². The Labute approximate surface area is 129 Å². The molecule has 0 unspecified atom stereocenters. The number of fused-ring (bicyclic) bond motifs is 1. The number of hydrogen-bond acceptors (Lipinski definition) is 4. The van der Waals surface area contributed by atoms with Crippen molar-refractivity contribution in [1.82, 2.24) is 4.98 Å².